The van der Waals surface area contributed by atoms with Crippen molar-refractivity contribution in [2.75, 3.05) is 0 Å². The van der Waals surface area contributed by atoms with Gasteiger partial charge in [-0.25, -0.2) is 0 Å². The van der Waals surface area contributed by atoms with Crippen molar-refractivity contribution in [1.82, 2.24) is 13.7 Å². The Kier molecular flexibility index (Phi) is 12.3. The van der Waals surface area contributed by atoms with Gasteiger partial charge in [0.1, 0.15) is 0 Å². The van der Waals surface area contributed by atoms with Gasteiger partial charge < -0.3 is 13.7 Å². The standard InChI is InChI=1S/C27H29N.C25H23N.C24H23N.CH4/c1-26(2,3)16-17-11-13-22-19(15-17)25-23(28(22)6)14-12-21-24(25)18-9-7-8-10-20(18)27(21,4)5;1-25(2,3)19-10-12-22-21(15-19)24-20-14-17-8-6-5-7-16(17)13-18(20)9-11-23(24)26(22)4;1-5-15-10-11-22-18(12-15)19-13-21-17(14-23(19)25(22)4)16-8-6-7-9-20(16)24(21,2)3;/h7-15H,16H2,1-6H3;5-15H,1-4H3;6-14H,5H2,1-4H3;1H4. The zero-order valence-electron chi connectivity index (χ0n) is 49.0. The molecule has 0 saturated heterocycles. The lowest BCUT2D eigenvalue weighted by atomic mass is 9.82. The third-order valence-corrected chi connectivity index (χ3v) is 18.4. The van der Waals surface area contributed by atoms with Crippen LogP contribution in [-0.2, 0) is 50.2 Å². The molecule has 3 aromatic heterocycles. The van der Waals surface area contributed by atoms with Crippen molar-refractivity contribution in [3.05, 3.63) is 215 Å². The van der Waals surface area contributed by atoms with Crippen LogP contribution in [0.4, 0.5) is 0 Å². The molecule has 2 aliphatic carbocycles. The molecular weight excluding hydrogens is 967 g/mol. The van der Waals surface area contributed by atoms with Crippen LogP contribution < -0.4 is 0 Å². The maximum Gasteiger partial charge on any atom is 0.0495 e. The lowest BCUT2D eigenvalue weighted by Gasteiger charge is -2.21. The summed E-state index contributed by atoms with van der Waals surface area (Å²) in [7, 11) is 6.56. The molecule has 0 saturated carbocycles. The van der Waals surface area contributed by atoms with Gasteiger partial charge in [0.25, 0.3) is 0 Å². The van der Waals surface area contributed by atoms with E-state index in [-0.39, 0.29) is 29.1 Å². The third kappa shape index (κ3) is 8.12. The first kappa shape index (κ1) is 52.8. The molecular formula is C77H79N3. The second kappa shape index (κ2) is 18.6. The van der Waals surface area contributed by atoms with Gasteiger partial charge in [0.05, 0.1) is 0 Å². The summed E-state index contributed by atoms with van der Waals surface area (Å²) >= 11 is 0. The van der Waals surface area contributed by atoms with Crippen LogP contribution in [0.25, 0.3) is 109 Å². The quantitative estimate of drug-likeness (QED) is 0.153. The maximum absolute atomic E-state index is 2.45. The number of nitrogens with zero attached hydrogens (tertiary/aromatic N) is 3. The number of rotatable bonds is 2. The molecule has 0 spiro atoms. The smallest absolute Gasteiger partial charge is 0.0495 e. The van der Waals surface area contributed by atoms with Crippen LogP contribution in [0.15, 0.2) is 176 Å². The molecule has 10 aromatic carbocycles. The summed E-state index contributed by atoms with van der Waals surface area (Å²) in [5.41, 5.74) is 24.1. The highest BCUT2D eigenvalue weighted by molar-refractivity contribution is 6.23. The zero-order valence-corrected chi connectivity index (χ0v) is 49.0. The van der Waals surface area contributed by atoms with Gasteiger partial charge in [-0.3, -0.25) is 0 Å². The lowest BCUT2D eigenvalue weighted by Crippen LogP contribution is -2.14. The molecule has 0 unspecified atom stereocenters. The first-order valence-corrected chi connectivity index (χ1v) is 28.8. The van der Waals surface area contributed by atoms with Crippen LogP contribution >= 0.6 is 0 Å². The van der Waals surface area contributed by atoms with E-state index < -0.39 is 0 Å². The minimum Gasteiger partial charge on any atom is -0.344 e. The molecule has 0 atom stereocenters. The Labute approximate surface area is 474 Å². The molecule has 80 heavy (non-hydrogen) atoms. The minimum atomic E-state index is 0. The van der Waals surface area contributed by atoms with E-state index in [0.29, 0.717) is 0 Å². The number of hydrogen-bond acceptors (Lipinski definition) is 0. The van der Waals surface area contributed by atoms with Gasteiger partial charge in [-0.2, -0.15) is 0 Å². The second-order valence-corrected chi connectivity index (χ2v) is 26.5. The first-order chi connectivity index (χ1) is 37.6. The molecule has 0 N–H and O–H groups in total. The van der Waals surface area contributed by atoms with Gasteiger partial charge in [-0.1, -0.05) is 187 Å². The maximum atomic E-state index is 2.45. The average molecular weight is 1050 g/mol. The number of hydrogen-bond donors (Lipinski definition) is 0. The van der Waals surface area contributed by atoms with Crippen LogP contribution in [0.2, 0.25) is 0 Å². The molecule has 0 amide bonds. The highest BCUT2D eigenvalue weighted by Gasteiger charge is 2.38. The van der Waals surface area contributed by atoms with E-state index in [0.717, 1.165) is 12.8 Å². The Hall–Kier alpha value is -7.88. The summed E-state index contributed by atoms with van der Waals surface area (Å²) in [5.74, 6) is 0. The predicted octanol–water partition coefficient (Wildman–Crippen LogP) is 21.0. The normalized spacial score (nSPS) is 14.1. The fourth-order valence-corrected chi connectivity index (χ4v) is 14.1. The van der Waals surface area contributed by atoms with Gasteiger partial charge in [-0.05, 0) is 179 Å². The van der Waals surface area contributed by atoms with Gasteiger partial charge in [0.15, 0.2) is 0 Å². The van der Waals surface area contributed by atoms with Gasteiger partial charge in [0, 0.05) is 97.4 Å². The molecule has 0 fully saturated rings. The molecule has 3 heteroatoms. The average Bonchev–Trinajstić information content (AvgIpc) is 2.71. The fourth-order valence-electron chi connectivity index (χ4n) is 14.1. The van der Waals surface area contributed by atoms with E-state index in [1.54, 1.807) is 0 Å². The SMILES string of the molecule is C.CCc1ccc2c(c1)c1cc3c(cc1n2C)-c1ccccc1C3(C)C.Cn1c2ccc(C(C)(C)C)cc2c2c3cc4ccccc4cc3ccc21.Cn1c2ccc(CC(C)(C)C)cc2c2c3c(ccc21)C(C)(C)c1ccccc1-3. The van der Waals surface area contributed by atoms with E-state index in [1.807, 2.05) is 0 Å². The predicted molar refractivity (Wildman–Crippen MR) is 349 cm³/mol. The summed E-state index contributed by atoms with van der Waals surface area (Å²) in [4.78, 5) is 0. The van der Waals surface area contributed by atoms with E-state index in [2.05, 4.69) is 287 Å². The molecule has 3 heterocycles. The zero-order chi connectivity index (χ0) is 55.2. The van der Waals surface area contributed by atoms with E-state index in [1.165, 1.54) is 148 Å². The Balaban J connectivity index is 0.000000119. The van der Waals surface area contributed by atoms with Crippen LogP contribution in [0.1, 0.15) is 123 Å². The molecule has 15 rings (SSSR count). The van der Waals surface area contributed by atoms with E-state index in [4.69, 9.17) is 0 Å². The summed E-state index contributed by atoms with van der Waals surface area (Å²) in [6.07, 6.45) is 2.17. The van der Waals surface area contributed by atoms with Crippen LogP contribution in [0.5, 0.6) is 0 Å². The Morgan fingerprint density at radius 1 is 0.375 bits per heavy atom. The van der Waals surface area contributed by atoms with Crippen molar-refractivity contribution in [2.24, 2.45) is 26.6 Å². The van der Waals surface area contributed by atoms with Crippen LogP contribution in [-0.4, -0.2) is 13.7 Å². The number of benzene rings is 10. The molecule has 0 bridgehead atoms. The van der Waals surface area contributed by atoms with Crippen molar-refractivity contribution in [3.63, 3.8) is 0 Å². The summed E-state index contributed by atoms with van der Waals surface area (Å²) in [6, 6.07) is 66.1. The monoisotopic (exact) mass is 1050 g/mol. The first-order valence-electron chi connectivity index (χ1n) is 28.8. The lowest BCUT2D eigenvalue weighted by molar-refractivity contribution is 0.411. The van der Waals surface area contributed by atoms with Gasteiger partial charge in [0.2, 0.25) is 0 Å². The van der Waals surface area contributed by atoms with E-state index >= 15 is 0 Å². The largest absolute Gasteiger partial charge is 0.344 e. The van der Waals surface area contributed by atoms with Gasteiger partial charge >= 0.3 is 0 Å². The van der Waals surface area contributed by atoms with Crippen molar-refractivity contribution < 1.29 is 0 Å². The summed E-state index contributed by atoms with van der Waals surface area (Å²) in [5, 5.41) is 13.6. The molecule has 3 nitrogen and oxygen atoms in total. The Morgan fingerprint density at radius 3 is 1.56 bits per heavy atom. The second-order valence-electron chi connectivity index (χ2n) is 26.5. The molecule has 0 radical (unpaired) electrons. The minimum absolute atomic E-state index is 0. The van der Waals surface area contributed by atoms with Gasteiger partial charge in [-0.15, -0.1) is 0 Å². The van der Waals surface area contributed by atoms with Crippen LogP contribution in [0, 0.1) is 5.41 Å². The number of aromatic nitrogens is 3. The fraction of sp³-hybridized carbons (Fsp3) is 0.273. The Bertz CT molecular complexity index is 4660. The molecule has 0 aliphatic heterocycles. The molecule has 2 aliphatic rings. The van der Waals surface area contributed by atoms with Crippen molar-refractivity contribution in [2.45, 2.75) is 113 Å². The highest BCUT2D eigenvalue weighted by Crippen LogP contribution is 2.54. The van der Waals surface area contributed by atoms with Crippen LogP contribution in [0.3, 0.4) is 0 Å². The topological polar surface area (TPSA) is 14.8 Å². The Morgan fingerprint density at radius 2 is 0.887 bits per heavy atom. The van der Waals surface area contributed by atoms with E-state index in [9.17, 15) is 0 Å². The molecule has 13 aromatic rings. The number of fused-ring (bicyclic) bond motifs is 19. The van der Waals surface area contributed by atoms with Crippen molar-refractivity contribution >= 4 is 87.0 Å². The highest BCUT2D eigenvalue weighted by atomic mass is 14.9. The summed E-state index contributed by atoms with van der Waals surface area (Å²) in [6.45, 7) is 25.5. The number of aryl methyl sites for hydroxylation is 4. The third-order valence-electron chi connectivity index (χ3n) is 18.4. The molecule has 402 valence electrons. The van der Waals surface area contributed by atoms with Crippen molar-refractivity contribution in [1.29, 1.82) is 0 Å². The summed E-state index contributed by atoms with van der Waals surface area (Å²) < 4.78 is 7.03. The van der Waals surface area contributed by atoms with Crippen molar-refractivity contribution in [3.8, 4) is 22.3 Å².